The van der Waals surface area contributed by atoms with Crippen LogP contribution in [0.5, 0.6) is 0 Å². The topological polar surface area (TPSA) is 120 Å². The van der Waals surface area contributed by atoms with Crippen LogP contribution in [-0.4, -0.2) is 16.8 Å². The van der Waals surface area contributed by atoms with Crippen LogP contribution in [0.25, 0.3) is 11.1 Å². The molecule has 0 saturated heterocycles. The SMILES string of the molecule is Nc1ccc(CS(=O)(=O)c2ccc(-c3ccc(S(=O)(=O)Cc4ccc(N)cc4)cc3)cc2)cc1. The Bertz CT molecular complexity index is 1380. The first-order valence-corrected chi connectivity index (χ1v) is 13.8. The van der Waals surface area contributed by atoms with Gasteiger partial charge in [0.15, 0.2) is 19.7 Å². The molecule has 0 aliphatic carbocycles. The zero-order chi connectivity index (χ0) is 24.3. The molecule has 0 unspecified atom stereocenters. The number of nitrogen functional groups attached to an aromatic ring is 2. The highest BCUT2D eigenvalue weighted by atomic mass is 32.2. The Morgan fingerprint density at radius 2 is 0.735 bits per heavy atom. The fourth-order valence-corrected chi connectivity index (χ4v) is 6.24. The van der Waals surface area contributed by atoms with Gasteiger partial charge in [0.05, 0.1) is 21.3 Å². The molecular formula is C26H24N2O4S2. The summed E-state index contributed by atoms with van der Waals surface area (Å²) in [4.78, 5) is 0.437. The van der Waals surface area contributed by atoms with Crippen LogP contribution in [0.15, 0.2) is 107 Å². The normalized spacial score (nSPS) is 11.9. The first-order chi connectivity index (χ1) is 16.1. The lowest BCUT2D eigenvalue weighted by molar-refractivity contribution is 0.593. The first-order valence-electron chi connectivity index (χ1n) is 10.5. The van der Waals surface area contributed by atoms with Gasteiger partial charge in [0.2, 0.25) is 0 Å². The number of hydrogen-bond donors (Lipinski definition) is 2. The first kappa shape index (κ1) is 23.5. The summed E-state index contributed by atoms with van der Waals surface area (Å²) in [6.07, 6.45) is 0. The molecule has 4 N–H and O–H groups in total. The van der Waals surface area contributed by atoms with E-state index < -0.39 is 19.7 Å². The van der Waals surface area contributed by atoms with E-state index in [0.29, 0.717) is 22.5 Å². The van der Waals surface area contributed by atoms with Gasteiger partial charge >= 0.3 is 0 Å². The Morgan fingerprint density at radius 1 is 0.441 bits per heavy atom. The van der Waals surface area contributed by atoms with Crippen molar-refractivity contribution in [2.75, 3.05) is 11.5 Å². The van der Waals surface area contributed by atoms with E-state index in [4.69, 9.17) is 11.5 Å². The number of hydrogen-bond acceptors (Lipinski definition) is 6. The quantitative estimate of drug-likeness (QED) is 0.367. The Hall–Kier alpha value is -3.62. The van der Waals surface area contributed by atoms with Crippen LogP contribution in [0.2, 0.25) is 0 Å². The number of rotatable bonds is 7. The third kappa shape index (κ3) is 5.47. The van der Waals surface area contributed by atoms with Gasteiger partial charge < -0.3 is 11.5 Å². The molecule has 0 spiro atoms. The Morgan fingerprint density at radius 3 is 1.03 bits per heavy atom. The molecule has 0 fully saturated rings. The average Bonchev–Trinajstić information content (AvgIpc) is 2.82. The molecule has 0 amide bonds. The van der Waals surface area contributed by atoms with Gasteiger partial charge in [-0.05, 0) is 70.8 Å². The van der Waals surface area contributed by atoms with Crippen LogP contribution in [0, 0.1) is 0 Å². The van der Waals surface area contributed by atoms with Crippen molar-refractivity contribution in [1.82, 2.24) is 0 Å². The number of nitrogens with two attached hydrogens (primary N) is 2. The summed E-state index contributed by atoms with van der Waals surface area (Å²) >= 11 is 0. The van der Waals surface area contributed by atoms with Crippen LogP contribution >= 0.6 is 0 Å². The molecule has 6 nitrogen and oxygen atoms in total. The van der Waals surface area contributed by atoms with Gasteiger partial charge in [-0.3, -0.25) is 0 Å². The molecule has 174 valence electrons. The van der Waals surface area contributed by atoms with Gasteiger partial charge in [-0.2, -0.15) is 0 Å². The van der Waals surface area contributed by atoms with E-state index in [1.165, 1.54) is 0 Å². The van der Waals surface area contributed by atoms with E-state index in [9.17, 15) is 16.8 Å². The van der Waals surface area contributed by atoms with Crippen LogP contribution in [0.4, 0.5) is 11.4 Å². The summed E-state index contributed by atoms with van der Waals surface area (Å²) in [5, 5.41) is 0. The lowest BCUT2D eigenvalue weighted by Crippen LogP contribution is -2.05. The van der Waals surface area contributed by atoms with Crippen LogP contribution < -0.4 is 11.5 Å². The van der Waals surface area contributed by atoms with Crippen molar-refractivity contribution in [2.24, 2.45) is 0 Å². The Kier molecular flexibility index (Phi) is 6.45. The summed E-state index contributed by atoms with van der Waals surface area (Å²) < 4.78 is 51.0. The molecule has 8 heteroatoms. The smallest absolute Gasteiger partial charge is 0.182 e. The minimum Gasteiger partial charge on any atom is -0.399 e. The molecule has 4 aromatic rings. The van der Waals surface area contributed by atoms with Gasteiger partial charge in [-0.1, -0.05) is 48.5 Å². The summed E-state index contributed by atoms with van der Waals surface area (Å²) in [6, 6.07) is 26.6. The van der Waals surface area contributed by atoms with Crippen molar-refractivity contribution in [3.63, 3.8) is 0 Å². The van der Waals surface area contributed by atoms with Crippen molar-refractivity contribution >= 4 is 31.0 Å². The predicted octanol–water partition coefficient (Wildman–Crippen LogP) is 4.47. The third-order valence-corrected chi connectivity index (χ3v) is 8.84. The Labute approximate surface area is 199 Å². The third-order valence-electron chi connectivity index (χ3n) is 5.43. The highest BCUT2D eigenvalue weighted by molar-refractivity contribution is 7.91. The van der Waals surface area contributed by atoms with Crippen molar-refractivity contribution in [1.29, 1.82) is 0 Å². The Balaban J connectivity index is 1.49. The van der Waals surface area contributed by atoms with Crippen LogP contribution in [-0.2, 0) is 31.2 Å². The maximum atomic E-state index is 12.8. The maximum Gasteiger partial charge on any atom is 0.182 e. The van der Waals surface area contributed by atoms with Crippen molar-refractivity contribution in [3.8, 4) is 11.1 Å². The molecule has 4 rings (SSSR count). The van der Waals surface area contributed by atoms with Crippen molar-refractivity contribution < 1.29 is 16.8 Å². The summed E-state index contributed by atoms with van der Waals surface area (Å²) in [6.45, 7) is 0. The highest BCUT2D eigenvalue weighted by Gasteiger charge is 2.17. The summed E-state index contributed by atoms with van der Waals surface area (Å²) in [5.41, 5.74) is 15.4. The van der Waals surface area contributed by atoms with Crippen LogP contribution in [0.1, 0.15) is 11.1 Å². The van der Waals surface area contributed by atoms with Crippen molar-refractivity contribution in [2.45, 2.75) is 21.3 Å². The molecule has 0 aliphatic rings. The number of anilines is 2. The lowest BCUT2D eigenvalue weighted by atomic mass is 10.1. The molecule has 0 radical (unpaired) electrons. The summed E-state index contributed by atoms with van der Waals surface area (Å²) in [5.74, 6) is -0.236. The molecule has 0 heterocycles. The molecular weight excluding hydrogens is 468 g/mol. The minimum absolute atomic E-state index is 0.118. The van der Waals surface area contributed by atoms with Gasteiger partial charge in [-0.15, -0.1) is 0 Å². The standard InChI is InChI=1S/C26H24N2O4S2/c27-23-9-1-19(2-10-23)17-33(29,30)25-13-5-21(6-14-25)22-7-15-26(16-8-22)34(31,32)18-20-3-11-24(28)12-4-20/h1-16H,17-18,27-28H2. The molecule has 0 aliphatic heterocycles. The van der Waals surface area contributed by atoms with E-state index in [0.717, 1.165) is 11.1 Å². The molecule has 0 bridgehead atoms. The zero-order valence-electron chi connectivity index (χ0n) is 18.3. The van der Waals surface area contributed by atoms with E-state index in [-0.39, 0.29) is 21.3 Å². The average molecular weight is 493 g/mol. The van der Waals surface area contributed by atoms with Gasteiger partial charge in [0.1, 0.15) is 0 Å². The predicted molar refractivity (Wildman–Crippen MR) is 135 cm³/mol. The highest BCUT2D eigenvalue weighted by Crippen LogP contribution is 2.26. The molecule has 0 atom stereocenters. The molecule has 0 aromatic heterocycles. The van der Waals surface area contributed by atoms with Gasteiger partial charge in [0, 0.05) is 11.4 Å². The van der Waals surface area contributed by atoms with Crippen LogP contribution in [0.3, 0.4) is 0 Å². The second-order valence-corrected chi connectivity index (χ2v) is 12.0. The monoisotopic (exact) mass is 492 g/mol. The lowest BCUT2D eigenvalue weighted by Gasteiger charge is -2.09. The zero-order valence-corrected chi connectivity index (χ0v) is 19.9. The van der Waals surface area contributed by atoms with E-state index in [1.807, 2.05) is 0 Å². The van der Waals surface area contributed by atoms with E-state index in [1.54, 1.807) is 97.1 Å². The molecule has 34 heavy (non-hydrogen) atoms. The largest absolute Gasteiger partial charge is 0.399 e. The van der Waals surface area contributed by atoms with Crippen molar-refractivity contribution in [3.05, 3.63) is 108 Å². The number of benzene rings is 4. The van der Waals surface area contributed by atoms with Gasteiger partial charge in [-0.25, -0.2) is 16.8 Å². The summed E-state index contributed by atoms with van der Waals surface area (Å²) in [7, 11) is -7.02. The number of sulfone groups is 2. The van der Waals surface area contributed by atoms with E-state index in [2.05, 4.69) is 0 Å². The van der Waals surface area contributed by atoms with E-state index >= 15 is 0 Å². The van der Waals surface area contributed by atoms with Gasteiger partial charge in [0.25, 0.3) is 0 Å². The fourth-order valence-electron chi connectivity index (χ4n) is 3.54. The minimum atomic E-state index is -3.51. The second kappa shape index (κ2) is 9.32. The molecule has 0 saturated carbocycles. The molecule has 4 aromatic carbocycles. The maximum absolute atomic E-state index is 12.8. The fraction of sp³-hybridized carbons (Fsp3) is 0.0769. The second-order valence-electron chi connectivity index (χ2n) is 8.05.